The standard InChI is InChI=1S/C8H15NO4/c1-5(2)13-4-7(8(11)12)9-6(3)10/h5,7H,4H2,1-3H3,(H,9,10)(H,11,12)/t7-/m1/s1. The molecule has 0 bridgehead atoms. The number of carboxylic acids is 1. The second kappa shape index (κ2) is 5.53. The first-order chi connectivity index (χ1) is 5.93. The first-order valence-corrected chi connectivity index (χ1v) is 4.05. The van der Waals surface area contributed by atoms with Crippen LogP contribution in [0.4, 0.5) is 0 Å². The SMILES string of the molecule is CC(=O)N[C@H](COC(C)C)C(=O)O. The number of carbonyl (C=O) groups is 2. The molecule has 0 radical (unpaired) electrons. The Morgan fingerprint density at radius 2 is 2.00 bits per heavy atom. The number of carbonyl (C=O) groups excluding carboxylic acids is 1. The molecule has 0 unspecified atom stereocenters. The summed E-state index contributed by atoms with van der Waals surface area (Å²) in [5, 5.41) is 10.9. The number of amides is 1. The van der Waals surface area contributed by atoms with Crippen LogP contribution in [-0.2, 0) is 14.3 Å². The summed E-state index contributed by atoms with van der Waals surface area (Å²) < 4.78 is 5.07. The van der Waals surface area contributed by atoms with Gasteiger partial charge in [0.2, 0.25) is 5.91 Å². The molecule has 0 fully saturated rings. The molecule has 0 aliphatic carbocycles. The zero-order valence-electron chi connectivity index (χ0n) is 8.03. The van der Waals surface area contributed by atoms with Crippen molar-refractivity contribution in [3.05, 3.63) is 0 Å². The second-order valence-electron chi connectivity index (χ2n) is 2.97. The number of carboxylic acid groups (broad SMARTS) is 1. The summed E-state index contributed by atoms with van der Waals surface area (Å²) in [7, 11) is 0. The summed E-state index contributed by atoms with van der Waals surface area (Å²) in [6, 6.07) is -0.958. The molecule has 13 heavy (non-hydrogen) atoms. The van der Waals surface area contributed by atoms with Gasteiger partial charge in [-0.2, -0.15) is 0 Å². The largest absolute Gasteiger partial charge is 0.480 e. The lowest BCUT2D eigenvalue weighted by Crippen LogP contribution is -2.43. The van der Waals surface area contributed by atoms with Gasteiger partial charge in [-0.3, -0.25) is 4.79 Å². The Morgan fingerprint density at radius 3 is 2.31 bits per heavy atom. The van der Waals surface area contributed by atoms with Crippen LogP contribution in [0.2, 0.25) is 0 Å². The summed E-state index contributed by atoms with van der Waals surface area (Å²) in [5.74, 6) is -1.46. The molecule has 1 amide bonds. The van der Waals surface area contributed by atoms with Gasteiger partial charge in [0.05, 0.1) is 12.7 Å². The van der Waals surface area contributed by atoms with Gasteiger partial charge in [-0.15, -0.1) is 0 Å². The maximum atomic E-state index is 10.6. The van der Waals surface area contributed by atoms with E-state index in [0.717, 1.165) is 0 Å². The normalized spacial score (nSPS) is 12.6. The average Bonchev–Trinajstić information content (AvgIpc) is 1.96. The Balaban J connectivity index is 3.95. The molecule has 1 atom stereocenters. The van der Waals surface area contributed by atoms with Gasteiger partial charge in [-0.25, -0.2) is 4.79 Å². The minimum absolute atomic E-state index is 0.00736. The lowest BCUT2D eigenvalue weighted by atomic mass is 10.3. The Kier molecular flexibility index (Phi) is 5.06. The molecule has 0 aliphatic rings. The molecule has 0 rings (SSSR count). The quantitative estimate of drug-likeness (QED) is 0.638. The van der Waals surface area contributed by atoms with Crippen LogP contribution in [0.3, 0.4) is 0 Å². The molecule has 0 aromatic carbocycles. The highest BCUT2D eigenvalue weighted by Crippen LogP contribution is 1.92. The summed E-state index contributed by atoms with van der Waals surface area (Å²) >= 11 is 0. The van der Waals surface area contributed by atoms with E-state index in [2.05, 4.69) is 5.32 Å². The molecule has 76 valence electrons. The van der Waals surface area contributed by atoms with E-state index in [0.29, 0.717) is 0 Å². The lowest BCUT2D eigenvalue weighted by Gasteiger charge is -2.15. The van der Waals surface area contributed by atoms with Gasteiger partial charge in [-0.1, -0.05) is 0 Å². The molecule has 0 saturated carbocycles. The topological polar surface area (TPSA) is 75.6 Å². The van der Waals surface area contributed by atoms with Crippen LogP contribution in [0.25, 0.3) is 0 Å². The molecule has 0 spiro atoms. The fourth-order valence-corrected chi connectivity index (χ4v) is 0.709. The third-order valence-electron chi connectivity index (χ3n) is 1.27. The molecular formula is C8H15NO4. The van der Waals surface area contributed by atoms with E-state index >= 15 is 0 Å². The van der Waals surface area contributed by atoms with Crippen molar-refractivity contribution >= 4 is 11.9 Å². The summed E-state index contributed by atoms with van der Waals surface area (Å²) in [5.41, 5.74) is 0. The molecule has 0 aromatic rings. The van der Waals surface area contributed by atoms with Gasteiger partial charge in [0.1, 0.15) is 0 Å². The number of aliphatic carboxylic acids is 1. The van der Waals surface area contributed by atoms with Gasteiger partial charge in [-0.05, 0) is 13.8 Å². The highest BCUT2D eigenvalue weighted by Gasteiger charge is 2.18. The minimum Gasteiger partial charge on any atom is -0.480 e. The Hall–Kier alpha value is -1.10. The summed E-state index contributed by atoms with van der Waals surface area (Å²) in [6.45, 7) is 4.86. The van der Waals surface area contributed by atoms with Crippen LogP contribution >= 0.6 is 0 Å². The molecule has 5 nitrogen and oxygen atoms in total. The zero-order valence-corrected chi connectivity index (χ0v) is 8.03. The third kappa shape index (κ3) is 6.10. The van der Waals surface area contributed by atoms with Gasteiger partial charge in [0.25, 0.3) is 0 Å². The monoisotopic (exact) mass is 189 g/mol. The van der Waals surface area contributed by atoms with Crippen LogP contribution in [-0.4, -0.2) is 35.7 Å². The molecule has 0 heterocycles. The first-order valence-electron chi connectivity index (χ1n) is 4.05. The first kappa shape index (κ1) is 11.9. The molecular weight excluding hydrogens is 174 g/mol. The molecule has 0 aliphatic heterocycles. The third-order valence-corrected chi connectivity index (χ3v) is 1.27. The van der Waals surface area contributed by atoms with E-state index in [-0.39, 0.29) is 18.6 Å². The van der Waals surface area contributed by atoms with Crippen molar-refractivity contribution in [1.29, 1.82) is 0 Å². The van der Waals surface area contributed by atoms with E-state index in [1.54, 1.807) is 13.8 Å². The van der Waals surface area contributed by atoms with E-state index in [1.165, 1.54) is 6.92 Å². The van der Waals surface area contributed by atoms with E-state index in [9.17, 15) is 9.59 Å². The van der Waals surface area contributed by atoms with Gasteiger partial charge in [0.15, 0.2) is 6.04 Å². The fraction of sp³-hybridized carbons (Fsp3) is 0.750. The number of rotatable bonds is 5. The van der Waals surface area contributed by atoms with Gasteiger partial charge >= 0.3 is 5.97 Å². The maximum absolute atomic E-state index is 10.6. The van der Waals surface area contributed by atoms with Crippen molar-refractivity contribution in [2.75, 3.05) is 6.61 Å². The second-order valence-corrected chi connectivity index (χ2v) is 2.97. The number of hydrogen-bond donors (Lipinski definition) is 2. The van der Waals surface area contributed by atoms with Crippen molar-refractivity contribution in [1.82, 2.24) is 5.32 Å². The van der Waals surface area contributed by atoms with Crippen molar-refractivity contribution in [3.8, 4) is 0 Å². The van der Waals surface area contributed by atoms with Crippen molar-refractivity contribution in [2.24, 2.45) is 0 Å². The average molecular weight is 189 g/mol. The molecule has 0 aromatic heterocycles. The molecule has 0 saturated heterocycles. The zero-order chi connectivity index (χ0) is 10.4. The summed E-state index contributed by atoms with van der Waals surface area (Å²) in [6.07, 6.45) is -0.0457. The van der Waals surface area contributed by atoms with Crippen molar-refractivity contribution in [2.45, 2.75) is 32.9 Å². The maximum Gasteiger partial charge on any atom is 0.328 e. The predicted octanol–water partition coefficient (Wildman–Crippen LogP) is 0.000700. The number of nitrogens with one attached hydrogen (secondary N) is 1. The van der Waals surface area contributed by atoms with Gasteiger partial charge < -0.3 is 15.2 Å². The Morgan fingerprint density at radius 1 is 1.46 bits per heavy atom. The smallest absolute Gasteiger partial charge is 0.328 e. The predicted molar refractivity (Wildman–Crippen MR) is 46.3 cm³/mol. The number of ether oxygens (including phenoxy) is 1. The van der Waals surface area contributed by atoms with E-state index in [1.807, 2.05) is 0 Å². The van der Waals surface area contributed by atoms with Crippen LogP contribution in [0, 0.1) is 0 Å². The van der Waals surface area contributed by atoms with Gasteiger partial charge in [0, 0.05) is 6.92 Å². The Labute approximate surface area is 77.1 Å². The van der Waals surface area contributed by atoms with E-state index in [4.69, 9.17) is 9.84 Å². The minimum atomic E-state index is -1.09. The van der Waals surface area contributed by atoms with Crippen LogP contribution in [0.1, 0.15) is 20.8 Å². The van der Waals surface area contributed by atoms with E-state index < -0.39 is 12.0 Å². The van der Waals surface area contributed by atoms with Crippen molar-refractivity contribution < 1.29 is 19.4 Å². The number of hydrogen-bond acceptors (Lipinski definition) is 3. The Bertz CT molecular complexity index is 191. The summed E-state index contributed by atoms with van der Waals surface area (Å²) in [4.78, 5) is 21.1. The lowest BCUT2D eigenvalue weighted by molar-refractivity contribution is -0.143. The van der Waals surface area contributed by atoms with Crippen LogP contribution < -0.4 is 5.32 Å². The highest BCUT2D eigenvalue weighted by molar-refractivity contribution is 5.82. The molecule has 5 heteroatoms. The molecule has 2 N–H and O–H groups in total. The highest BCUT2D eigenvalue weighted by atomic mass is 16.5. The fourth-order valence-electron chi connectivity index (χ4n) is 0.709. The van der Waals surface area contributed by atoms with Crippen LogP contribution in [0.5, 0.6) is 0 Å². The van der Waals surface area contributed by atoms with Crippen LogP contribution in [0.15, 0.2) is 0 Å². The van der Waals surface area contributed by atoms with Crippen molar-refractivity contribution in [3.63, 3.8) is 0 Å².